The Morgan fingerprint density at radius 3 is 2.43 bits per heavy atom. The van der Waals surface area contributed by atoms with Crippen molar-refractivity contribution in [1.82, 2.24) is 0 Å². The van der Waals surface area contributed by atoms with Crippen LogP contribution in [0.2, 0.25) is 0 Å². The van der Waals surface area contributed by atoms with Crippen LogP contribution in [0.4, 0.5) is 0 Å². The molecule has 28 heavy (non-hydrogen) atoms. The monoisotopic (exact) mass is 407 g/mol. The zero-order chi connectivity index (χ0) is 20.6. The van der Waals surface area contributed by atoms with Crippen molar-refractivity contribution in [1.29, 1.82) is 0 Å². The standard InChI is InChI=1S/C23H37NO3S/c1-6-8-13-26-22-16-19(3)23(20(4)17-22)27-14-11-9-10-12-15-28-18-21(7-2)24-25-5/h6,8,16-17H,7,9-15,18H2,1-5H3/b8-6+,24-21+. The van der Waals surface area contributed by atoms with Gasteiger partial charge in [-0.1, -0.05) is 37.1 Å². The molecule has 0 bridgehead atoms. The van der Waals surface area contributed by atoms with E-state index < -0.39 is 0 Å². The first-order chi connectivity index (χ1) is 13.6. The maximum atomic E-state index is 6.04. The summed E-state index contributed by atoms with van der Waals surface area (Å²) in [7, 11) is 1.61. The summed E-state index contributed by atoms with van der Waals surface area (Å²) >= 11 is 1.94. The summed E-state index contributed by atoms with van der Waals surface area (Å²) in [6.07, 6.45) is 9.74. The zero-order valence-electron chi connectivity index (χ0n) is 18.3. The molecule has 0 spiro atoms. The second-order valence-corrected chi connectivity index (χ2v) is 7.88. The number of thioether (sulfide) groups is 1. The molecule has 0 heterocycles. The number of hydrogen-bond donors (Lipinski definition) is 0. The van der Waals surface area contributed by atoms with Crippen molar-refractivity contribution in [2.75, 3.05) is 31.8 Å². The van der Waals surface area contributed by atoms with Gasteiger partial charge in [-0.05, 0) is 69.0 Å². The number of benzene rings is 1. The molecule has 0 N–H and O–H groups in total. The smallest absolute Gasteiger partial charge is 0.125 e. The molecule has 0 aromatic heterocycles. The Morgan fingerprint density at radius 2 is 1.79 bits per heavy atom. The van der Waals surface area contributed by atoms with E-state index in [1.807, 2.05) is 30.8 Å². The Hall–Kier alpha value is -1.62. The van der Waals surface area contributed by atoms with Gasteiger partial charge in [-0.25, -0.2) is 0 Å². The van der Waals surface area contributed by atoms with Crippen LogP contribution >= 0.6 is 11.8 Å². The summed E-state index contributed by atoms with van der Waals surface area (Å²) in [5.74, 6) is 4.05. The summed E-state index contributed by atoms with van der Waals surface area (Å²) in [5, 5.41) is 4.04. The average Bonchev–Trinajstić information content (AvgIpc) is 2.67. The lowest BCUT2D eigenvalue weighted by molar-refractivity contribution is 0.212. The van der Waals surface area contributed by atoms with E-state index in [-0.39, 0.29) is 0 Å². The molecule has 0 atom stereocenters. The zero-order valence-corrected chi connectivity index (χ0v) is 19.1. The molecule has 0 aliphatic heterocycles. The number of oxime groups is 1. The highest BCUT2D eigenvalue weighted by Gasteiger charge is 2.07. The van der Waals surface area contributed by atoms with Gasteiger partial charge in [0.25, 0.3) is 0 Å². The Morgan fingerprint density at radius 1 is 1.07 bits per heavy atom. The van der Waals surface area contributed by atoms with Crippen molar-refractivity contribution >= 4 is 17.5 Å². The van der Waals surface area contributed by atoms with Crippen LogP contribution in [0.3, 0.4) is 0 Å². The third-order valence-corrected chi connectivity index (χ3v) is 5.46. The first kappa shape index (κ1) is 24.4. The molecule has 0 amide bonds. The van der Waals surface area contributed by atoms with Gasteiger partial charge in [-0.15, -0.1) is 0 Å². The number of hydrogen-bond acceptors (Lipinski definition) is 5. The Kier molecular flexibility index (Phi) is 13.4. The molecule has 0 aliphatic carbocycles. The summed E-state index contributed by atoms with van der Waals surface area (Å²) in [4.78, 5) is 4.85. The van der Waals surface area contributed by atoms with Crippen LogP contribution < -0.4 is 9.47 Å². The Balaban J connectivity index is 2.20. The van der Waals surface area contributed by atoms with Crippen molar-refractivity contribution in [3.05, 3.63) is 35.4 Å². The molecule has 0 unspecified atom stereocenters. The lowest BCUT2D eigenvalue weighted by atomic mass is 10.1. The third-order valence-electron chi connectivity index (χ3n) is 4.34. The van der Waals surface area contributed by atoms with Crippen molar-refractivity contribution in [2.24, 2.45) is 5.16 Å². The van der Waals surface area contributed by atoms with Gasteiger partial charge >= 0.3 is 0 Å². The molecular formula is C23H37NO3S. The first-order valence-corrected chi connectivity index (χ1v) is 11.4. The molecular weight excluding hydrogens is 370 g/mol. The second kappa shape index (κ2) is 15.3. The minimum atomic E-state index is 0.604. The highest BCUT2D eigenvalue weighted by Crippen LogP contribution is 2.28. The lowest BCUT2D eigenvalue weighted by Gasteiger charge is -2.14. The van der Waals surface area contributed by atoms with Crippen LogP contribution in [0.25, 0.3) is 0 Å². The molecule has 1 rings (SSSR count). The minimum absolute atomic E-state index is 0.604. The number of rotatable bonds is 15. The van der Waals surface area contributed by atoms with E-state index in [2.05, 4.69) is 38.1 Å². The first-order valence-electron chi connectivity index (χ1n) is 10.3. The van der Waals surface area contributed by atoms with Crippen molar-refractivity contribution in [3.8, 4) is 11.5 Å². The van der Waals surface area contributed by atoms with Gasteiger partial charge in [0.15, 0.2) is 0 Å². The number of unbranched alkanes of at least 4 members (excludes halogenated alkanes) is 3. The minimum Gasteiger partial charge on any atom is -0.493 e. The van der Waals surface area contributed by atoms with Crippen LogP contribution in [0.15, 0.2) is 29.4 Å². The molecule has 4 nitrogen and oxygen atoms in total. The average molecular weight is 408 g/mol. The van der Waals surface area contributed by atoms with Gasteiger partial charge in [0.2, 0.25) is 0 Å². The highest BCUT2D eigenvalue weighted by atomic mass is 32.2. The highest BCUT2D eigenvalue weighted by molar-refractivity contribution is 7.99. The molecule has 1 aromatic carbocycles. The fourth-order valence-corrected chi connectivity index (χ4v) is 3.85. The van der Waals surface area contributed by atoms with E-state index in [9.17, 15) is 0 Å². The summed E-state index contributed by atoms with van der Waals surface area (Å²) in [6.45, 7) is 9.65. The van der Waals surface area contributed by atoms with Crippen LogP contribution in [-0.2, 0) is 4.84 Å². The summed E-state index contributed by atoms with van der Waals surface area (Å²) in [6, 6.07) is 4.11. The Labute approximate surface area is 175 Å². The van der Waals surface area contributed by atoms with Gasteiger partial charge in [0.05, 0.1) is 12.3 Å². The maximum absolute atomic E-state index is 6.04. The van der Waals surface area contributed by atoms with Crippen LogP contribution in [0.1, 0.15) is 57.1 Å². The molecule has 0 aliphatic rings. The summed E-state index contributed by atoms with van der Waals surface area (Å²) < 4.78 is 11.8. The molecule has 158 valence electrons. The van der Waals surface area contributed by atoms with E-state index in [4.69, 9.17) is 14.3 Å². The quantitative estimate of drug-likeness (QED) is 0.147. The lowest BCUT2D eigenvalue weighted by Crippen LogP contribution is -2.03. The largest absolute Gasteiger partial charge is 0.493 e. The molecule has 0 radical (unpaired) electrons. The van der Waals surface area contributed by atoms with E-state index in [0.29, 0.717) is 6.61 Å². The molecule has 1 aromatic rings. The van der Waals surface area contributed by atoms with Crippen LogP contribution in [0.5, 0.6) is 11.5 Å². The topological polar surface area (TPSA) is 40.0 Å². The van der Waals surface area contributed by atoms with Gasteiger partial charge in [0, 0.05) is 5.75 Å². The van der Waals surface area contributed by atoms with Crippen LogP contribution in [0, 0.1) is 13.8 Å². The number of allylic oxidation sites excluding steroid dienone is 1. The maximum Gasteiger partial charge on any atom is 0.125 e. The van der Waals surface area contributed by atoms with E-state index in [0.717, 1.165) is 53.5 Å². The van der Waals surface area contributed by atoms with Gasteiger partial charge in [-0.3, -0.25) is 0 Å². The number of aryl methyl sites for hydroxylation is 2. The van der Waals surface area contributed by atoms with Crippen molar-refractivity contribution in [3.63, 3.8) is 0 Å². The molecule has 0 saturated carbocycles. The molecule has 0 fully saturated rings. The molecule has 0 saturated heterocycles. The second-order valence-electron chi connectivity index (χ2n) is 6.78. The van der Waals surface area contributed by atoms with E-state index in [1.54, 1.807) is 7.11 Å². The fourth-order valence-electron chi connectivity index (χ4n) is 2.81. The van der Waals surface area contributed by atoms with Crippen LogP contribution in [-0.4, -0.2) is 37.5 Å². The molecule has 5 heteroatoms. The fraction of sp³-hybridized carbons (Fsp3) is 0.609. The number of ether oxygens (including phenoxy) is 2. The predicted molar refractivity (Wildman–Crippen MR) is 122 cm³/mol. The normalized spacial score (nSPS) is 11.8. The van der Waals surface area contributed by atoms with E-state index >= 15 is 0 Å². The van der Waals surface area contributed by atoms with Crippen molar-refractivity contribution < 1.29 is 14.3 Å². The Bertz CT molecular complexity index is 591. The third kappa shape index (κ3) is 10.1. The van der Waals surface area contributed by atoms with Gasteiger partial charge in [0.1, 0.15) is 25.2 Å². The van der Waals surface area contributed by atoms with Crippen molar-refractivity contribution in [2.45, 2.75) is 59.8 Å². The SMILES string of the molecule is C/C=C/COc1cc(C)c(OCCCCCCSC/C(CC)=N/OC)c(C)c1. The van der Waals surface area contributed by atoms with E-state index in [1.165, 1.54) is 25.0 Å². The van der Waals surface area contributed by atoms with Gasteiger partial charge < -0.3 is 14.3 Å². The summed E-state index contributed by atoms with van der Waals surface area (Å²) in [5.41, 5.74) is 3.40. The van der Waals surface area contributed by atoms with Gasteiger partial charge in [-0.2, -0.15) is 11.8 Å². The number of nitrogens with zero attached hydrogens (tertiary/aromatic N) is 1. The predicted octanol–water partition coefficient (Wildman–Crippen LogP) is 6.34.